The van der Waals surface area contributed by atoms with Crippen LogP contribution in [-0.4, -0.2) is 56.5 Å². The van der Waals surface area contributed by atoms with Crippen LogP contribution in [0.25, 0.3) is 33.1 Å². The zero-order valence-electron chi connectivity index (χ0n) is 23.4. The van der Waals surface area contributed by atoms with Crippen LogP contribution in [-0.2, 0) is 13.6 Å². The van der Waals surface area contributed by atoms with Gasteiger partial charge in [-0.05, 0) is 59.2 Å². The first-order valence-electron chi connectivity index (χ1n) is 14.2. The maximum Gasteiger partial charge on any atom is 0.272 e. The van der Waals surface area contributed by atoms with Gasteiger partial charge in [0.1, 0.15) is 11.5 Å². The summed E-state index contributed by atoms with van der Waals surface area (Å²) in [6.07, 6.45) is 5.63. The van der Waals surface area contributed by atoms with Crippen LogP contribution in [0.3, 0.4) is 0 Å². The number of hydrogen-bond acceptors (Lipinski definition) is 6. The summed E-state index contributed by atoms with van der Waals surface area (Å²) >= 11 is 0. The Morgan fingerprint density at radius 3 is 2.43 bits per heavy atom. The van der Waals surface area contributed by atoms with Gasteiger partial charge in [0, 0.05) is 68.8 Å². The van der Waals surface area contributed by atoms with Crippen LogP contribution in [0.4, 0.5) is 11.5 Å². The number of benzene rings is 3. The van der Waals surface area contributed by atoms with Gasteiger partial charge in [0.2, 0.25) is 0 Å². The number of aryl methyl sites for hydroxylation is 1. The Hall–Kier alpha value is -5.08. The summed E-state index contributed by atoms with van der Waals surface area (Å²) in [6.45, 7) is 4.67. The molecule has 1 N–H and O–H groups in total. The molecule has 0 bridgehead atoms. The lowest BCUT2D eigenvalue weighted by molar-refractivity contribution is 0.101. The van der Waals surface area contributed by atoms with Crippen molar-refractivity contribution < 1.29 is 4.79 Å². The number of pyridine rings is 1. The molecule has 1 aliphatic rings. The Balaban J connectivity index is 1.03. The summed E-state index contributed by atoms with van der Waals surface area (Å²) in [5.74, 6) is 0.778. The number of nitrogens with one attached hydrogen (secondary N) is 1. The first kappa shape index (κ1) is 25.9. The van der Waals surface area contributed by atoms with Gasteiger partial charge in [-0.2, -0.15) is 0 Å². The Morgan fingerprint density at radius 2 is 1.64 bits per heavy atom. The van der Waals surface area contributed by atoms with Crippen molar-refractivity contribution >= 4 is 39.3 Å². The van der Waals surface area contributed by atoms with E-state index in [1.54, 1.807) is 0 Å². The molecule has 0 saturated carbocycles. The maximum atomic E-state index is 13.0. The molecular weight excluding hydrogens is 522 g/mol. The van der Waals surface area contributed by atoms with Gasteiger partial charge < -0.3 is 14.8 Å². The lowest BCUT2D eigenvalue weighted by Crippen LogP contribution is -2.46. The second-order valence-corrected chi connectivity index (χ2v) is 10.7. The van der Waals surface area contributed by atoms with E-state index in [1.165, 1.54) is 5.56 Å². The number of anilines is 2. The second-order valence-electron chi connectivity index (χ2n) is 10.7. The predicted octanol–water partition coefficient (Wildman–Crippen LogP) is 5.76. The highest BCUT2D eigenvalue weighted by Crippen LogP contribution is 2.26. The van der Waals surface area contributed by atoms with Crippen LogP contribution < -0.4 is 10.2 Å². The molecule has 7 rings (SSSR count). The lowest BCUT2D eigenvalue weighted by atomic mass is 10.0. The molecule has 1 fully saturated rings. The smallest absolute Gasteiger partial charge is 0.272 e. The van der Waals surface area contributed by atoms with Crippen molar-refractivity contribution in [2.75, 3.05) is 36.4 Å². The van der Waals surface area contributed by atoms with E-state index in [-0.39, 0.29) is 5.91 Å². The molecule has 0 atom stereocenters. The fourth-order valence-electron chi connectivity index (χ4n) is 5.67. The number of hydrogen-bond donors (Lipinski definition) is 1. The van der Waals surface area contributed by atoms with E-state index in [1.807, 2.05) is 96.9 Å². The first-order chi connectivity index (χ1) is 20.6. The van der Waals surface area contributed by atoms with E-state index in [4.69, 9.17) is 9.97 Å². The van der Waals surface area contributed by atoms with E-state index in [0.29, 0.717) is 5.69 Å². The van der Waals surface area contributed by atoms with Crippen molar-refractivity contribution in [3.05, 3.63) is 115 Å². The highest BCUT2D eigenvalue weighted by molar-refractivity contribution is 6.06. The van der Waals surface area contributed by atoms with Crippen LogP contribution in [0, 0.1) is 0 Å². The molecule has 1 aliphatic heterocycles. The maximum absolute atomic E-state index is 13.0. The van der Waals surface area contributed by atoms with Gasteiger partial charge >= 0.3 is 0 Å². The second kappa shape index (κ2) is 11.1. The number of rotatable bonds is 6. The summed E-state index contributed by atoms with van der Waals surface area (Å²) in [4.78, 5) is 31.7. The number of aromatic nitrogens is 4. The first-order valence-corrected chi connectivity index (χ1v) is 14.2. The Labute approximate surface area is 244 Å². The van der Waals surface area contributed by atoms with E-state index < -0.39 is 0 Å². The molecule has 42 heavy (non-hydrogen) atoms. The molecule has 8 heteroatoms. The molecule has 208 valence electrons. The Bertz CT molecular complexity index is 1870. The van der Waals surface area contributed by atoms with Crippen molar-refractivity contribution in [3.8, 4) is 11.1 Å². The number of amides is 1. The van der Waals surface area contributed by atoms with Crippen molar-refractivity contribution in [1.82, 2.24) is 24.4 Å². The highest BCUT2D eigenvalue weighted by Gasteiger charge is 2.19. The summed E-state index contributed by atoms with van der Waals surface area (Å²) in [5.41, 5.74) is 7.50. The third-order valence-corrected chi connectivity index (χ3v) is 8.02. The van der Waals surface area contributed by atoms with Gasteiger partial charge in [-0.3, -0.25) is 19.7 Å². The predicted molar refractivity (Wildman–Crippen MR) is 168 cm³/mol. The minimum atomic E-state index is -0.132. The van der Waals surface area contributed by atoms with Gasteiger partial charge in [-0.25, -0.2) is 4.98 Å². The van der Waals surface area contributed by atoms with Crippen molar-refractivity contribution in [3.63, 3.8) is 0 Å². The molecule has 3 aromatic heterocycles. The van der Waals surface area contributed by atoms with Crippen LogP contribution in [0.5, 0.6) is 0 Å². The van der Waals surface area contributed by atoms with E-state index in [0.717, 1.165) is 77.3 Å². The number of fused-ring (bicyclic) bond motifs is 2. The number of carbonyl (C=O) groups is 1. The SMILES string of the molecule is Cn1c(C(=O)Nc2ccc(-c3ccc4ncc(N5CCN(Cc6cccnc6)CC5)nc4c3)cc2)cc2ccccc21. The summed E-state index contributed by atoms with van der Waals surface area (Å²) in [7, 11) is 1.91. The van der Waals surface area contributed by atoms with Gasteiger partial charge in [-0.1, -0.05) is 42.5 Å². The summed E-state index contributed by atoms with van der Waals surface area (Å²) in [6, 6.07) is 28.1. The molecular formula is C34H31N7O. The molecule has 1 saturated heterocycles. The number of piperazine rings is 1. The van der Waals surface area contributed by atoms with Crippen LogP contribution in [0.2, 0.25) is 0 Å². The fraction of sp³-hybridized carbons (Fsp3) is 0.176. The average Bonchev–Trinajstić information content (AvgIpc) is 3.38. The highest BCUT2D eigenvalue weighted by atomic mass is 16.1. The van der Waals surface area contributed by atoms with Crippen molar-refractivity contribution in [2.24, 2.45) is 7.05 Å². The van der Waals surface area contributed by atoms with E-state index >= 15 is 0 Å². The minimum Gasteiger partial charge on any atom is -0.353 e. The van der Waals surface area contributed by atoms with Gasteiger partial charge in [0.25, 0.3) is 5.91 Å². The Kier molecular flexibility index (Phi) is 6.81. The molecule has 4 heterocycles. The largest absolute Gasteiger partial charge is 0.353 e. The molecule has 0 spiro atoms. The number of carbonyl (C=O) groups excluding carboxylic acids is 1. The molecule has 0 aliphatic carbocycles. The number of para-hydroxylation sites is 1. The van der Waals surface area contributed by atoms with Gasteiger partial charge in [0.05, 0.1) is 17.2 Å². The van der Waals surface area contributed by atoms with Crippen LogP contribution in [0.1, 0.15) is 16.1 Å². The van der Waals surface area contributed by atoms with Crippen molar-refractivity contribution in [2.45, 2.75) is 6.54 Å². The molecule has 6 aromatic rings. The molecule has 8 nitrogen and oxygen atoms in total. The van der Waals surface area contributed by atoms with Crippen LogP contribution in [0.15, 0.2) is 104 Å². The fourth-order valence-corrected chi connectivity index (χ4v) is 5.67. The topological polar surface area (TPSA) is 79.2 Å². The third-order valence-electron chi connectivity index (χ3n) is 8.02. The quantitative estimate of drug-likeness (QED) is 0.283. The van der Waals surface area contributed by atoms with Gasteiger partial charge in [0.15, 0.2) is 0 Å². The van der Waals surface area contributed by atoms with Crippen molar-refractivity contribution in [1.29, 1.82) is 0 Å². The Morgan fingerprint density at radius 1 is 0.833 bits per heavy atom. The molecule has 3 aromatic carbocycles. The lowest BCUT2D eigenvalue weighted by Gasteiger charge is -2.35. The summed E-state index contributed by atoms with van der Waals surface area (Å²) in [5, 5.41) is 4.08. The molecule has 1 amide bonds. The van der Waals surface area contributed by atoms with E-state index in [2.05, 4.69) is 38.3 Å². The normalized spacial score (nSPS) is 14.0. The van der Waals surface area contributed by atoms with Crippen LogP contribution >= 0.6 is 0 Å². The molecule has 0 radical (unpaired) electrons. The van der Waals surface area contributed by atoms with Gasteiger partial charge in [-0.15, -0.1) is 0 Å². The number of nitrogens with zero attached hydrogens (tertiary/aromatic N) is 6. The average molecular weight is 554 g/mol. The standard InChI is InChI=1S/C34H31N7O/c1-39-31-7-3-2-6-27(31)20-32(39)34(42)37-28-11-8-25(9-12-28)26-10-13-29-30(19-26)38-33(22-36-29)41-17-15-40(16-18-41)23-24-5-4-14-35-21-24/h2-14,19-22H,15-18,23H2,1H3,(H,37,42). The molecule has 0 unspecified atom stereocenters. The monoisotopic (exact) mass is 553 g/mol. The zero-order chi connectivity index (χ0) is 28.5. The third kappa shape index (κ3) is 5.20. The van der Waals surface area contributed by atoms with E-state index in [9.17, 15) is 4.79 Å². The zero-order valence-corrected chi connectivity index (χ0v) is 23.4. The summed E-state index contributed by atoms with van der Waals surface area (Å²) < 4.78 is 1.92. The minimum absolute atomic E-state index is 0.132.